The fourth-order valence-electron chi connectivity index (χ4n) is 1.43. The first-order valence-electron chi connectivity index (χ1n) is 5.47. The summed E-state index contributed by atoms with van der Waals surface area (Å²) in [6.07, 6.45) is 0. The molecule has 0 saturated carbocycles. The number of hydrogen-bond acceptors (Lipinski definition) is 4. The number of nitrogen functional groups attached to an aromatic ring is 2. The molecule has 0 saturated heterocycles. The van der Waals surface area contributed by atoms with Gasteiger partial charge in [0, 0.05) is 20.1 Å². The molecule has 1 aromatic rings. The van der Waals surface area contributed by atoms with Gasteiger partial charge in [-0.25, -0.2) is 0 Å². The molecule has 1 rings (SSSR count). The molecule has 0 spiro atoms. The maximum absolute atomic E-state index is 12.1. The quantitative estimate of drug-likeness (QED) is 0.746. The summed E-state index contributed by atoms with van der Waals surface area (Å²) < 4.78 is 0. The third-order valence-corrected chi connectivity index (χ3v) is 2.60. The van der Waals surface area contributed by atoms with Crippen molar-refractivity contribution in [2.75, 3.05) is 45.7 Å². The van der Waals surface area contributed by atoms with Crippen LogP contribution in [-0.2, 0) is 0 Å². The lowest BCUT2D eigenvalue weighted by atomic mass is 10.1. The van der Waals surface area contributed by atoms with Crippen molar-refractivity contribution in [1.29, 1.82) is 0 Å². The number of anilines is 2. The van der Waals surface area contributed by atoms with E-state index in [2.05, 4.69) is 0 Å². The second kappa shape index (κ2) is 5.54. The number of benzene rings is 1. The van der Waals surface area contributed by atoms with Crippen LogP contribution in [0.15, 0.2) is 18.2 Å². The number of likely N-dealkylation sites (N-methyl/N-ethyl adjacent to an activating group) is 2. The van der Waals surface area contributed by atoms with Crippen molar-refractivity contribution >= 4 is 17.3 Å². The predicted molar refractivity (Wildman–Crippen MR) is 70.8 cm³/mol. The molecule has 5 heteroatoms. The molecule has 0 aliphatic heterocycles. The fourth-order valence-corrected chi connectivity index (χ4v) is 1.43. The van der Waals surface area contributed by atoms with Crippen LogP contribution >= 0.6 is 0 Å². The van der Waals surface area contributed by atoms with Crippen molar-refractivity contribution < 1.29 is 4.79 Å². The topological polar surface area (TPSA) is 75.6 Å². The molecule has 94 valence electrons. The summed E-state index contributed by atoms with van der Waals surface area (Å²) >= 11 is 0. The van der Waals surface area contributed by atoms with Crippen LogP contribution in [0.4, 0.5) is 11.4 Å². The summed E-state index contributed by atoms with van der Waals surface area (Å²) in [4.78, 5) is 15.8. The Labute approximate surface area is 102 Å². The van der Waals surface area contributed by atoms with E-state index in [-0.39, 0.29) is 5.91 Å². The molecule has 0 heterocycles. The zero-order valence-electron chi connectivity index (χ0n) is 10.6. The number of carbonyl (C=O) groups is 1. The molecule has 0 atom stereocenters. The smallest absolute Gasteiger partial charge is 0.255 e. The van der Waals surface area contributed by atoms with E-state index in [1.54, 1.807) is 30.1 Å². The highest BCUT2D eigenvalue weighted by atomic mass is 16.2. The number of amides is 1. The van der Waals surface area contributed by atoms with Gasteiger partial charge in [0.05, 0.1) is 16.9 Å². The third kappa shape index (κ3) is 3.35. The highest BCUT2D eigenvalue weighted by Crippen LogP contribution is 2.20. The van der Waals surface area contributed by atoms with E-state index in [1.807, 2.05) is 19.0 Å². The minimum absolute atomic E-state index is 0.100. The Morgan fingerprint density at radius 1 is 1.18 bits per heavy atom. The summed E-state index contributed by atoms with van der Waals surface area (Å²) in [7, 11) is 5.69. The molecule has 0 fully saturated rings. The SMILES string of the molecule is CN(C)CCN(C)C(=O)c1cccc(N)c1N. The Morgan fingerprint density at radius 2 is 1.82 bits per heavy atom. The molecule has 0 aliphatic rings. The van der Waals surface area contributed by atoms with Gasteiger partial charge in [-0.15, -0.1) is 0 Å². The fraction of sp³-hybridized carbons (Fsp3) is 0.417. The standard InChI is InChI=1S/C12H20N4O/c1-15(2)7-8-16(3)12(17)9-5-4-6-10(13)11(9)14/h4-6H,7-8,13-14H2,1-3H3. The summed E-state index contributed by atoms with van der Waals surface area (Å²) in [5.74, 6) is -0.100. The van der Waals surface area contributed by atoms with Gasteiger partial charge in [0.15, 0.2) is 0 Å². The van der Waals surface area contributed by atoms with Gasteiger partial charge in [0.1, 0.15) is 0 Å². The van der Waals surface area contributed by atoms with Crippen molar-refractivity contribution in [3.63, 3.8) is 0 Å². The number of carbonyl (C=O) groups excluding carboxylic acids is 1. The average molecular weight is 236 g/mol. The first kappa shape index (κ1) is 13.3. The van der Waals surface area contributed by atoms with Crippen molar-refractivity contribution in [3.05, 3.63) is 23.8 Å². The van der Waals surface area contributed by atoms with E-state index >= 15 is 0 Å². The second-order valence-corrected chi connectivity index (χ2v) is 4.34. The van der Waals surface area contributed by atoms with E-state index in [4.69, 9.17) is 11.5 Å². The molecule has 0 aromatic heterocycles. The lowest BCUT2D eigenvalue weighted by Gasteiger charge is -2.20. The summed E-state index contributed by atoms with van der Waals surface area (Å²) in [5.41, 5.74) is 12.7. The molecule has 4 N–H and O–H groups in total. The van der Waals surface area contributed by atoms with Crippen molar-refractivity contribution in [2.24, 2.45) is 0 Å². The zero-order valence-corrected chi connectivity index (χ0v) is 10.6. The van der Waals surface area contributed by atoms with E-state index in [0.29, 0.717) is 23.5 Å². The van der Waals surface area contributed by atoms with Gasteiger partial charge >= 0.3 is 0 Å². The highest BCUT2D eigenvalue weighted by Gasteiger charge is 2.15. The summed E-state index contributed by atoms with van der Waals surface area (Å²) in [5, 5.41) is 0. The lowest BCUT2D eigenvalue weighted by Crippen LogP contribution is -2.33. The van der Waals surface area contributed by atoms with Gasteiger partial charge in [0.25, 0.3) is 5.91 Å². The molecule has 0 bridgehead atoms. The van der Waals surface area contributed by atoms with E-state index in [1.165, 1.54) is 0 Å². The average Bonchev–Trinajstić information content (AvgIpc) is 2.28. The Kier molecular flexibility index (Phi) is 4.34. The first-order chi connectivity index (χ1) is 7.93. The lowest BCUT2D eigenvalue weighted by molar-refractivity contribution is 0.0787. The monoisotopic (exact) mass is 236 g/mol. The summed E-state index contributed by atoms with van der Waals surface area (Å²) in [6, 6.07) is 5.12. The van der Waals surface area contributed by atoms with Crippen LogP contribution in [0.1, 0.15) is 10.4 Å². The number of hydrogen-bond donors (Lipinski definition) is 2. The van der Waals surface area contributed by atoms with Gasteiger partial charge in [0.2, 0.25) is 0 Å². The Morgan fingerprint density at radius 3 is 2.41 bits per heavy atom. The predicted octanol–water partition coefficient (Wildman–Crippen LogP) is 0.485. The van der Waals surface area contributed by atoms with Gasteiger partial charge in [-0.3, -0.25) is 4.79 Å². The number of rotatable bonds is 4. The van der Waals surface area contributed by atoms with Gasteiger partial charge < -0.3 is 21.3 Å². The largest absolute Gasteiger partial charge is 0.397 e. The number of para-hydroxylation sites is 1. The molecule has 0 unspecified atom stereocenters. The Hall–Kier alpha value is -1.75. The molecule has 0 aliphatic carbocycles. The van der Waals surface area contributed by atoms with Crippen molar-refractivity contribution in [3.8, 4) is 0 Å². The van der Waals surface area contributed by atoms with Crippen molar-refractivity contribution in [2.45, 2.75) is 0 Å². The van der Waals surface area contributed by atoms with Crippen LogP contribution in [0.2, 0.25) is 0 Å². The van der Waals surface area contributed by atoms with Crippen LogP contribution in [0, 0.1) is 0 Å². The summed E-state index contributed by atoms with van der Waals surface area (Å²) in [6.45, 7) is 1.46. The Bertz CT molecular complexity index is 403. The van der Waals surface area contributed by atoms with Crippen LogP contribution in [0.3, 0.4) is 0 Å². The number of nitrogens with zero attached hydrogens (tertiary/aromatic N) is 2. The Balaban J connectivity index is 2.78. The minimum atomic E-state index is -0.100. The zero-order chi connectivity index (χ0) is 13.0. The van der Waals surface area contributed by atoms with E-state index < -0.39 is 0 Å². The molecule has 17 heavy (non-hydrogen) atoms. The molecular weight excluding hydrogens is 216 g/mol. The van der Waals surface area contributed by atoms with Crippen molar-refractivity contribution in [1.82, 2.24) is 9.80 Å². The molecule has 1 aromatic carbocycles. The minimum Gasteiger partial charge on any atom is -0.397 e. The van der Waals surface area contributed by atoms with Crippen LogP contribution in [0.25, 0.3) is 0 Å². The molecular formula is C12H20N4O. The maximum atomic E-state index is 12.1. The first-order valence-corrected chi connectivity index (χ1v) is 5.47. The van der Waals surface area contributed by atoms with Crippen LogP contribution in [0.5, 0.6) is 0 Å². The van der Waals surface area contributed by atoms with E-state index in [9.17, 15) is 4.79 Å². The number of nitrogens with two attached hydrogens (primary N) is 2. The van der Waals surface area contributed by atoms with Gasteiger partial charge in [-0.2, -0.15) is 0 Å². The van der Waals surface area contributed by atoms with Gasteiger partial charge in [-0.1, -0.05) is 6.07 Å². The third-order valence-electron chi connectivity index (χ3n) is 2.60. The molecule has 1 amide bonds. The van der Waals surface area contributed by atoms with Crippen LogP contribution in [-0.4, -0.2) is 49.9 Å². The molecule has 5 nitrogen and oxygen atoms in total. The maximum Gasteiger partial charge on any atom is 0.255 e. The van der Waals surface area contributed by atoms with Crippen LogP contribution < -0.4 is 11.5 Å². The highest BCUT2D eigenvalue weighted by molar-refractivity contribution is 6.01. The second-order valence-electron chi connectivity index (χ2n) is 4.34. The normalized spacial score (nSPS) is 10.6. The van der Waals surface area contributed by atoms with Gasteiger partial charge in [-0.05, 0) is 26.2 Å². The molecule has 0 radical (unpaired) electrons. The van der Waals surface area contributed by atoms with E-state index in [0.717, 1.165) is 6.54 Å².